The van der Waals surface area contributed by atoms with Crippen molar-refractivity contribution in [1.82, 2.24) is 0 Å². The summed E-state index contributed by atoms with van der Waals surface area (Å²) in [6, 6.07) is 0. The molecular weight excluding hydrogens is 526 g/mol. The van der Waals surface area contributed by atoms with Crippen molar-refractivity contribution in [2.45, 2.75) is 96.8 Å². The first-order valence-corrected chi connectivity index (χ1v) is 26.6. The molecule has 20 heavy (non-hydrogen) atoms. The van der Waals surface area contributed by atoms with Crippen LogP contribution in [0.2, 0.25) is 17.7 Å². The SMILES string of the molecule is CCC[CH2][SnH]([CH2]CCC)[O][Sn]([Br])([CH2]CCC)[CH2]CCC. The van der Waals surface area contributed by atoms with E-state index in [9.17, 15) is 0 Å². The van der Waals surface area contributed by atoms with Gasteiger partial charge in [-0.05, 0) is 0 Å². The average Bonchev–Trinajstić information content (AvgIpc) is 2.46. The molecule has 0 aliphatic heterocycles. The molecule has 0 heterocycles. The fourth-order valence-corrected chi connectivity index (χ4v) is 53.2. The van der Waals surface area contributed by atoms with E-state index in [0.29, 0.717) is 0 Å². The molecule has 0 amide bonds. The number of rotatable bonds is 14. The van der Waals surface area contributed by atoms with Crippen LogP contribution in [0.5, 0.6) is 0 Å². The van der Waals surface area contributed by atoms with Crippen LogP contribution >= 0.6 is 12.7 Å². The normalized spacial score (nSPS) is 12.3. The van der Waals surface area contributed by atoms with E-state index in [4.69, 9.17) is 1.41 Å². The Hall–Kier alpha value is 2.04. The van der Waals surface area contributed by atoms with Gasteiger partial charge in [0.2, 0.25) is 0 Å². The average molecular weight is 563 g/mol. The predicted octanol–water partition coefficient (Wildman–Crippen LogP) is 6.76. The Kier molecular flexibility index (Phi) is 16.1. The van der Waals surface area contributed by atoms with Gasteiger partial charge < -0.3 is 0 Å². The molecular formula is C16H37BrOSn2. The van der Waals surface area contributed by atoms with Crippen molar-refractivity contribution in [3.05, 3.63) is 0 Å². The monoisotopic (exact) mass is 564 g/mol. The van der Waals surface area contributed by atoms with Gasteiger partial charge in [-0.2, -0.15) is 0 Å². The number of unbranched alkanes of at least 4 members (excludes halogenated alkanes) is 4. The number of hydrogen-bond acceptors (Lipinski definition) is 1. The van der Waals surface area contributed by atoms with Crippen LogP contribution in [0.15, 0.2) is 0 Å². The Labute approximate surface area is 146 Å². The third-order valence-corrected chi connectivity index (χ3v) is 46.6. The summed E-state index contributed by atoms with van der Waals surface area (Å²) < 4.78 is 12.8. The van der Waals surface area contributed by atoms with Crippen molar-refractivity contribution in [3.8, 4) is 0 Å². The van der Waals surface area contributed by atoms with Crippen molar-refractivity contribution in [3.63, 3.8) is 0 Å². The summed E-state index contributed by atoms with van der Waals surface area (Å²) in [6.07, 6.45) is 10.9. The van der Waals surface area contributed by atoms with E-state index in [-0.39, 0.29) is 0 Å². The van der Waals surface area contributed by atoms with Gasteiger partial charge >= 0.3 is 148 Å². The Balaban J connectivity index is 4.48. The van der Waals surface area contributed by atoms with Crippen molar-refractivity contribution in [2.75, 3.05) is 0 Å². The van der Waals surface area contributed by atoms with Crippen molar-refractivity contribution < 1.29 is 1.41 Å². The molecule has 0 saturated heterocycles. The molecule has 122 valence electrons. The van der Waals surface area contributed by atoms with Crippen LogP contribution in [-0.4, -0.2) is 36.7 Å². The van der Waals surface area contributed by atoms with E-state index in [2.05, 4.69) is 40.4 Å². The van der Waals surface area contributed by atoms with E-state index < -0.39 is 36.7 Å². The van der Waals surface area contributed by atoms with Crippen LogP contribution in [0.25, 0.3) is 0 Å². The molecule has 0 spiro atoms. The molecule has 0 unspecified atom stereocenters. The van der Waals surface area contributed by atoms with Crippen LogP contribution < -0.4 is 0 Å². The zero-order valence-electron chi connectivity index (χ0n) is 14.3. The van der Waals surface area contributed by atoms with Gasteiger partial charge in [0.15, 0.2) is 0 Å². The third-order valence-electron chi connectivity index (χ3n) is 3.94. The zero-order chi connectivity index (χ0) is 15.3. The van der Waals surface area contributed by atoms with E-state index in [0.717, 1.165) is 0 Å². The van der Waals surface area contributed by atoms with Crippen LogP contribution in [0.4, 0.5) is 0 Å². The summed E-state index contributed by atoms with van der Waals surface area (Å²) in [5, 5.41) is 0. The van der Waals surface area contributed by atoms with E-state index in [1.165, 1.54) is 69.1 Å². The second-order valence-electron chi connectivity index (χ2n) is 6.11. The summed E-state index contributed by atoms with van der Waals surface area (Å²) in [6.45, 7) is 9.27. The van der Waals surface area contributed by atoms with Gasteiger partial charge in [0.1, 0.15) is 0 Å². The number of hydrogen-bond donors (Lipinski definition) is 0. The topological polar surface area (TPSA) is 9.23 Å². The second-order valence-corrected chi connectivity index (χ2v) is 35.7. The summed E-state index contributed by atoms with van der Waals surface area (Å²) in [5.41, 5.74) is 0. The zero-order valence-corrected chi connectivity index (χ0v) is 22.1. The molecule has 0 aliphatic carbocycles. The van der Waals surface area contributed by atoms with Crippen molar-refractivity contribution >= 4 is 49.4 Å². The molecule has 4 heteroatoms. The quantitative estimate of drug-likeness (QED) is 0.213. The van der Waals surface area contributed by atoms with Crippen LogP contribution in [0, 0.1) is 0 Å². The maximum absolute atomic E-state index is 6.98. The molecule has 0 aromatic heterocycles. The van der Waals surface area contributed by atoms with Crippen LogP contribution in [0.3, 0.4) is 0 Å². The van der Waals surface area contributed by atoms with Gasteiger partial charge in [0.05, 0.1) is 0 Å². The Morgan fingerprint density at radius 1 is 0.750 bits per heavy atom. The van der Waals surface area contributed by atoms with Gasteiger partial charge in [-0.25, -0.2) is 0 Å². The summed E-state index contributed by atoms with van der Waals surface area (Å²) in [7, 11) is 0. The first-order chi connectivity index (χ1) is 9.61. The maximum atomic E-state index is 6.98. The predicted molar refractivity (Wildman–Crippen MR) is 102 cm³/mol. The molecule has 0 atom stereocenters. The van der Waals surface area contributed by atoms with Gasteiger partial charge in [0, 0.05) is 0 Å². The minimum atomic E-state index is -2.36. The van der Waals surface area contributed by atoms with Crippen molar-refractivity contribution in [2.24, 2.45) is 0 Å². The Morgan fingerprint density at radius 2 is 1.15 bits per heavy atom. The summed E-state index contributed by atoms with van der Waals surface area (Å²) in [5.74, 6) is 0. The van der Waals surface area contributed by atoms with Crippen molar-refractivity contribution in [1.29, 1.82) is 0 Å². The standard InChI is InChI=1S/4C4H9.BrH.O.2Sn.H/c4*1-3-4-2;;;;;/h4*1,3-4H2,2H3;1H;;;;/q;;;;;;;+1;/p-1. The summed E-state index contributed by atoms with van der Waals surface area (Å²) in [4.78, 5) is 0. The first-order valence-electron chi connectivity index (χ1n) is 8.98. The van der Waals surface area contributed by atoms with Gasteiger partial charge in [-0.15, -0.1) is 0 Å². The van der Waals surface area contributed by atoms with E-state index >= 15 is 0 Å². The molecule has 0 N–H and O–H groups in total. The molecule has 0 saturated carbocycles. The van der Waals surface area contributed by atoms with Crippen LogP contribution in [-0.2, 0) is 1.41 Å². The summed E-state index contributed by atoms with van der Waals surface area (Å²) >= 11 is 0.169. The van der Waals surface area contributed by atoms with Gasteiger partial charge in [-0.1, -0.05) is 0 Å². The van der Waals surface area contributed by atoms with E-state index in [1.807, 2.05) is 0 Å². The second kappa shape index (κ2) is 14.6. The fourth-order valence-electron chi connectivity index (χ4n) is 2.55. The van der Waals surface area contributed by atoms with E-state index in [1.54, 1.807) is 0 Å². The molecule has 0 rings (SSSR count). The Bertz CT molecular complexity index is 199. The first kappa shape index (κ1) is 22.0. The molecule has 0 radical (unpaired) electrons. The molecule has 0 aromatic carbocycles. The van der Waals surface area contributed by atoms with Gasteiger partial charge in [0.25, 0.3) is 0 Å². The van der Waals surface area contributed by atoms with Crippen LogP contribution in [0.1, 0.15) is 79.1 Å². The third kappa shape index (κ3) is 11.6. The molecule has 1 nitrogen and oxygen atoms in total. The number of halogens is 1. The molecule has 0 bridgehead atoms. The van der Waals surface area contributed by atoms with Gasteiger partial charge in [-0.3, -0.25) is 0 Å². The minimum absolute atomic E-state index is 1.32. The Morgan fingerprint density at radius 3 is 1.50 bits per heavy atom. The molecule has 0 aromatic rings. The fraction of sp³-hybridized carbons (Fsp3) is 1.00. The molecule has 0 fully saturated rings. The molecule has 0 aliphatic rings.